The van der Waals surface area contributed by atoms with Gasteiger partial charge in [0.2, 0.25) is 0 Å². The molecule has 0 saturated carbocycles. The molecule has 0 bridgehead atoms. The number of hydrogen-bond acceptors (Lipinski definition) is 3. The molecule has 2 aromatic heterocycles. The lowest BCUT2D eigenvalue weighted by atomic mass is 10.2. The van der Waals surface area contributed by atoms with E-state index in [2.05, 4.69) is 42.3 Å². The summed E-state index contributed by atoms with van der Waals surface area (Å²) in [6.07, 6.45) is 2.93. The molecule has 1 atom stereocenters. The maximum Gasteiger partial charge on any atom is 0.0541 e. The van der Waals surface area contributed by atoms with Crippen molar-refractivity contribution in [3.8, 4) is 0 Å². The molecule has 17 heavy (non-hydrogen) atoms. The van der Waals surface area contributed by atoms with Crippen LogP contribution in [0.25, 0.3) is 0 Å². The fraction of sp³-hybridized carbons (Fsp3) is 0.357. The maximum atomic E-state index is 4.30. The predicted octanol–water partition coefficient (Wildman–Crippen LogP) is 3.17. The van der Waals surface area contributed by atoms with E-state index in [0.717, 1.165) is 18.7 Å². The first-order valence-corrected chi connectivity index (χ1v) is 6.74. The molecule has 0 amide bonds. The van der Waals surface area contributed by atoms with Gasteiger partial charge in [0.1, 0.15) is 0 Å². The third kappa shape index (κ3) is 3.95. The zero-order valence-corrected chi connectivity index (χ0v) is 11.1. The fourth-order valence-corrected chi connectivity index (χ4v) is 2.77. The Kier molecular flexibility index (Phi) is 4.29. The molecule has 0 aromatic carbocycles. The van der Waals surface area contributed by atoms with Gasteiger partial charge < -0.3 is 5.32 Å². The van der Waals surface area contributed by atoms with Crippen molar-refractivity contribution in [2.24, 2.45) is 0 Å². The van der Waals surface area contributed by atoms with Crippen LogP contribution in [0.4, 0.5) is 0 Å². The molecule has 2 aromatic rings. The Morgan fingerprint density at radius 2 is 2.18 bits per heavy atom. The van der Waals surface area contributed by atoms with E-state index < -0.39 is 0 Å². The highest BCUT2D eigenvalue weighted by Crippen LogP contribution is 2.16. The van der Waals surface area contributed by atoms with Crippen LogP contribution in [0.1, 0.15) is 22.4 Å². The Morgan fingerprint density at radius 1 is 1.29 bits per heavy atom. The first kappa shape index (κ1) is 12.3. The molecule has 90 valence electrons. The van der Waals surface area contributed by atoms with Gasteiger partial charge >= 0.3 is 0 Å². The van der Waals surface area contributed by atoms with Crippen molar-refractivity contribution in [2.45, 2.75) is 32.9 Å². The van der Waals surface area contributed by atoms with Crippen LogP contribution in [0, 0.1) is 6.92 Å². The number of nitrogens with zero attached hydrogens (tertiary/aromatic N) is 1. The van der Waals surface area contributed by atoms with Gasteiger partial charge in [-0.15, -0.1) is 11.3 Å². The molecule has 0 spiro atoms. The number of hydrogen-bond donors (Lipinski definition) is 1. The van der Waals surface area contributed by atoms with Gasteiger partial charge in [0.05, 0.1) is 5.69 Å². The Labute approximate surface area is 107 Å². The van der Waals surface area contributed by atoms with Crippen molar-refractivity contribution in [1.29, 1.82) is 0 Å². The van der Waals surface area contributed by atoms with Gasteiger partial charge in [0.25, 0.3) is 0 Å². The van der Waals surface area contributed by atoms with E-state index >= 15 is 0 Å². The number of nitrogens with one attached hydrogen (secondary N) is 1. The Balaban J connectivity index is 1.80. The number of rotatable bonds is 5. The van der Waals surface area contributed by atoms with Gasteiger partial charge in [0.15, 0.2) is 0 Å². The topological polar surface area (TPSA) is 24.9 Å². The summed E-state index contributed by atoms with van der Waals surface area (Å²) in [5.74, 6) is 0. The van der Waals surface area contributed by atoms with Crippen LogP contribution in [-0.4, -0.2) is 11.0 Å². The molecule has 0 saturated heterocycles. The molecule has 0 aliphatic carbocycles. The van der Waals surface area contributed by atoms with Crippen molar-refractivity contribution in [1.82, 2.24) is 10.3 Å². The second-order valence-corrected chi connectivity index (χ2v) is 5.69. The molecule has 1 unspecified atom stereocenters. The van der Waals surface area contributed by atoms with Gasteiger partial charge in [-0.05, 0) is 44.5 Å². The quantitative estimate of drug-likeness (QED) is 0.876. The summed E-state index contributed by atoms with van der Waals surface area (Å²) in [4.78, 5) is 7.14. The summed E-state index contributed by atoms with van der Waals surface area (Å²) in [5.41, 5.74) is 1.10. The summed E-state index contributed by atoms with van der Waals surface area (Å²) >= 11 is 1.88. The summed E-state index contributed by atoms with van der Waals surface area (Å²) < 4.78 is 0. The van der Waals surface area contributed by atoms with Crippen LogP contribution < -0.4 is 5.32 Å². The van der Waals surface area contributed by atoms with Gasteiger partial charge in [-0.1, -0.05) is 6.07 Å². The van der Waals surface area contributed by atoms with E-state index in [1.165, 1.54) is 9.75 Å². The molecular weight excluding hydrogens is 228 g/mol. The lowest BCUT2D eigenvalue weighted by Gasteiger charge is -2.12. The molecule has 3 heteroatoms. The standard InChI is InChI=1S/C14H18N2S/c1-11(9-14-7-6-12(2)17-14)16-10-13-5-3-4-8-15-13/h3-8,11,16H,9-10H2,1-2H3. The Hall–Kier alpha value is -1.19. The highest BCUT2D eigenvalue weighted by Gasteiger charge is 2.05. The Morgan fingerprint density at radius 3 is 2.82 bits per heavy atom. The second-order valence-electron chi connectivity index (χ2n) is 4.32. The van der Waals surface area contributed by atoms with Gasteiger partial charge in [-0.25, -0.2) is 0 Å². The van der Waals surface area contributed by atoms with Gasteiger partial charge in [-0.3, -0.25) is 4.98 Å². The summed E-state index contributed by atoms with van der Waals surface area (Å²) in [6.45, 7) is 5.21. The van der Waals surface area contributed by atoms with Crippen LogP contribution in [0.15, 0.2) is 36.5 Å². The molecule has 1 N–H and O–H groups in total. The van der Waals surface area contributed by atoms with Gasteiger partial charge in [0, 0.05) is 28.5 Å². The number of pyridine rings is 1. The molecule has 0 radical (unpaired) electrons. The van der Waals surface area contributed by atoms with Gasteiger partial charge in [-0.2, -0.15) is 0 Å². The van der Waals surface area contributed by atoms with Crippen LogP contribution in [0.2, 0.25) is 0 Å². The van der Waals surface area contributed by atoms with E-state index in [4.69, 9.17) is 0 Å². The second kappa shape index (κ2) is 5.94. The summed E-state index contributed by atoms with van der Waals surface area (Å²) in [7, 11) is 0. The smallest absolute Gasteiger partial charge is 0.0541 e. The fourth-order valence-electron chi connectivity index (χ4n) is 1.75. The molecule has 2 rings (SSSR count). The lowest BCUT2D eigenvalue weighted by Crippen LogP contribution is -2.27. The van der Waals surface area contributed by atoms with Crippen molar-refractivity contribution in [3.63, 3.8) is 0 Å². The van der Waals surface area contributed by atoms with Crippen molar-refractivity contribution in [3.05, 3.63) is 52.0 Å². The third-order valence-electron chi connectivity index (χ3n) is 2.66. The number of aromatic nitrogens is 1. The molecule has 0 aliphatic heterocycles. The monoisotopic (exact) mass is 246 g/mol. The number of thiophene rings is 1. The SMILES string of the molecule is Cc1ccc(CC(C)NCc2ccccn2)s1. The highest BCUT2D eigenvalue weighted by atomic mass is 32.1. The summed E-state index contributed by atoms with van der Waals surface area (Å²) in [6, 6.07) is 10.9. The minimum Gasteiger partial charge on any atom is -0.308 e. The van der Waals surface area contributed by atoms with Crippen molar-refractivity contribution in [2.75, 3.05) is 0 Å². The van der Waals surface area contributed by atoms with Crippen molar-refractivity contribution >= 4 is 11.3 Å². The molecule has 0 aliphatic rings. The van der Waals surface area contributed by atoms with Crippen LogP contribution in [0.5, 0.6) is 0 Å². The largest absolute Gasteiger partial charge is 0.308 e. The zero-order chi connectivity index (χ0) is 12.1. The van der Waals surface area contributed by atoms with E-state index in [1.54, 1.807) is 0 Å². The maximum absolute atomic E-state index is 4.30. The third-order valence-corrected chi connectivity index (χ3v) is 3.68. The minimum absolute atomic E-state index is 0.482. The van der Waals surface area contributed by atoms with Crippen molar-refractivity contribution < 1.29 is 0 Å². The Bertz CT molecular complexity index is 450. The van der Waals surface area contributed by atoms with Crippen LogP contribution in [-0.2, 0) is 13.0 Å². The normalized spacial score (nSPS) is 12.6. The van der Waals surface area contributed by atoms with E-state index in [1.807, 2.05) is 29.7 Å². The van der Waals surface area contributed by atoms with E-state index in [-0.39, 0.29) is 0 Å². The lowest BCUT2D eigenvalue weighted by molar-refractivity contribution is 0.543. The molecule has 2 heterocycles. The molecule has 0 fully saturated rings. The van der Waals surface area contributed by atoms with E-state index in [9.17, 15) is 0 Å². The molecule has 2 nitrogen and oxygen atoms in total. The average Bonchev–Trinajstić information content (AvgIpc) is 2.73. The van der Waals surface area contributed by atoms with Crippen LogP contribution >= 0.6 is 11.3 Å². The van der Waals surface area contributed by atoms with Crippen LogP contribution in [0.3, 0.4) is 0 Å². The highest BCUT2D eigenvalue weighted by molar-refractivity contribution is 7.11. The summed E-state index contributed by atoms with van der Waals surface area (Å²) in [5, 5.41) is 3.50. The zero-order valence-electron chi connectivity index (χ0n) is 10.3. The first-order valence-electron chi connectivity index (χ1n) is 5.92. The molecular formula is C14H18N2S. The number of aryl methyl sites for hydroxylation is 1. The average molecular weight is 246 g/mol. The first-order chi connectivity index (χ1) is 8.24. The predicted molar refractivity (Wildman–Crippen MR) is 73.3 cm³/mol. The minimum atomic E-state index is 0.482. The van der Waals surface area contributed by atoms with E-state index in [0.29, 0.717) is 6.04 Å².